The number of carbonyl (C=O) groups is 2. The van der Waals surface area contributed by atoms with E-state index in [0.29, 0.717) is 21.3 Å². The van der Waals surface area contributed by atoms with E-state index < -0.39 is 46.6 Å². The molecule has 0 aromatic heterocycles. The van der Waals surface area contributed by atoms with E-state index in [-0.39, 0.29) is 34.2 Å². The molecule has 4 rings (SSSR count). The second kappa shape index (κ2) is 10.8. The number of benzene rings is 3. The predicted molar refractivity (Wildman–Crippen MR) is 133 cm³/mol. The maximum Gasteiger partial charge on any atom is 0.335 e. The number of hydrogen-bond donors (Lipinski definition) is 1. The molecular formula is C26H16BrF5N2O5. The average molecular weight is 611 g/mol. The highest BCUT2D eigenvalue weighted by Gasteiger charge is 2.37. The first kappa shape index (κ1) is 27.8. The Morgan fingerprint density at radius 3 is 2.15 bits per heavy atom. The minimum absolute atomic E-state index is 0.0417. The van der Waals surface area contributed by atoms with E-state index >= 15 is 0 Å². The molecule has 3 aromatic rings. The van der Waals surface area contributed by atoms with Gasteiger partial charge in [-0.1, -0.05) is 28.1 Å². The Morgan fingerprint density at radius 2 is 1.59 bits per heavy atom. The van der Waals surface area contributed by atoms with E-state index in [9.17, 15) is 31.5 Å². The maximum absolute atomic E-state index is 14.3. The molecule has 39 heavy (non-hydrogen) atoms. The van der Waals surface area contributed by atoms with Crippen LogP contribution in [-0.2, 0) is 11.4 Å². The Bertz CT molecular complexity index is 1550. The third-order valence-electron chi connectivity index (χ3n) is 5.64. The van der Waals surface area contributed by atoms with Gasteiger partial charge in [0.2, 0.25) is 5.82 Å². The number of carboxylic acid groups (broad SMARTS) is 1. The molecule has 13 heteroatoms. The van der Waals surface area contributed by atoms with Gasteiger partial charge in [0.15, 0.2) is 34.8 Å². The molecule has 0 atom stereocenters. The summed E-state index contributed by atoms with van der Waals surface area (Å²) in [6.07, 6.45) is 1.30. The van der Waals surface area contributed by atoms with E-state index in [0.717, 1.165) is 0 Å². The third-order valence-corrected chi connectivity index (χ3v) is 6.33. The average Bonchev–Trinajstić information content (AvgIpc) is 3.19. The number of carbonyl (C=O) groups excluding carboxylic acids is 1. The molecular weight excluding hydrogens is 595 g/mol. The molecule has 1 amide bonds. The Morgan fingerprint density at radius 1 is 1.00 bits per heavy atom. The van der Waals surface area contributed by atoms with Crippen LogP contribution in [0.1, 0.15) is 28.4 Å². The topological polar surface area (TPSA) is 88.4 Å². The van der Waals surface area contributed by atoms with Crippen molar-refractivity contribution in [3.63, 3.8) is 0 Å². The molecule has 1 heterocycles. The first-order valence-corrected chi connectivity index (χ1v) is 11.7. The lowest BCUT2D eigenvalue weighted by molar-refractivity contribution is -0.114. The zero-order valence-corrected chi connectivity index (χ0v) is 21.6. The molecule has 0 fully saturated rings. The van der Waals surface area contributed by atoms with Gasteiger partial charge >= 0.3 is 5.97 Å². The lowest BCUT2D eigenvalue weighted by Gasteiger charge is -2.15. The quantitative estimate of drug-likeness (QED) is 0.148. The Hall–Kier alpha value is -4.26. The van der Waals surface area contributed by atoms with Crippen LogP contribution >= 0.6 is 15.9 Å². The summed E-state index contributed by atoms with van der Waals surface area (Å²) < 4.78 is 81.0. The number of aromatic carboxylic acids is 1. The van der Waals surface area contributed by atoms with Gasteiger partial charge in [0, 0.05) is 4.47 Å². The Labute approximate surface area is 225 Å². The summed E-state index contributed by atoms with van der Waals surface area (Å²) in [7, 11) is 1.37. The van der Waals surface area contributed by atoms with Crippen LogP contribution in [0.3, 0.4) is 0 Å². The zero-order chi connectivity index (χ0) is 28.6. The zero-order valence-electron chi connectivity index (χ0n) is 20.0. The van der Waals surface area contributed by atoms with Gasteiger partial charge in [0.1, 0.15) is 12.3 Å². The standard InChI is InChI=1S/C26H16BrF5N2O5/c1-11-15(25(35)34(33-11)24-22(31)20(29)19(28)21(30)23(24)32)7-14-8-17(38-2)18(9-16(14)27)39-10-12-3-5-13(6-4-12)26(36)37/h3-9H,10H2,1-2H3,(H,36,37)/b15-7+. The molecule has 0 aliphatic carbocycles. The molecule has 1 aliphatic rings. The number of anilines is 1. The van der Waals surface area contributed by atoms with Gasteiger partial charge in [0.05, 0.1) is 24.0 Å². The van der Waals surface area contributed by atoms with Crippen molar-refractivity contribution < 1.29 is 46.1 Å². The first-order chi connectivity index (χ1) is 18.4. The van der Waals surface area contributed by atoms with Crippen LogP contribution in [0.15, 0.2) is 51.5 Å². The SMILES string of the molecule is COc1cc(/C=C2/C(=O)N(c3c(F)c(F)c(F)c(F)c3F)N=C2C)c(Br)cc1OCc1ccc(C(=O)O)cc1. The van der Waals surface area contributed by atoms with E-state index in [1.54, 1.807) is 12.1 Å². The number of halogens is 6. The van der Waals surface area contributed by atoms with Gasteiger partial charge in [0.25, 0.3) is 5.91 Å². The number of carboxylic acids is 1. The summed E-state index contributed by atoms with van der Waals surface area (Å²) in [5, 5.41) is 12.8. The van der Waals surface area contributed by atoms with Crippen LogP contribution in [0.5, 0.6) is 11.5 Å². The van der Waals surface area contributed by atoms with Gasteiger partial charge in [-0.2, -0.15) is 10.1 Å². The molecule has 0 saturated heterocycles. The van der Waals surface area contributed by atoms with Crippen molar-refractivity contribution in [2.45, 2.75) is 13.5 Å². The second-order valence-corrected chi connectivity index (χ2v) is 8.95. The van der Waals surface area contributed by atoms with Crippen LogP contribution in [-0.4, -0.2) is 29.8 Å². The molecule has 202 valence electrons. The van der Waals surface area contributed by atoms with Crippen molar-refractivity contribution in [3.05, 3.63) is 92.2 Å². The van der Waals surface area contributed by atoms with E-state index in [2.05, 4.69) is 21.0 Å². The fourth-order valence-corrected chi connectivity index (χ4v) is 4.05. The first-order valence-electron chi connectivity index (χ1n) is 10.9. The predicted octanol–water partition coefficient (Wildman–Crippen LogP) is 6.24. The summed E-state index contributed by atoms with van der Waals surface area (Å²) in [6.45, 7) is 1.40. The summed E-state index contributed by atoms with van der Waals surface area (Å²) in [5.41, 5.74) is -0.552. The molecule has 0 spiro atoms. The highest BCUT2D eigenvalue weighted by atomic mass is 79.9. The van der Waals surface area contributed by atoms with Crippen molar-refractivity contribution >= 4 is 45.3 Å². The Kier molecular flexibility index (Phi) is 7.72. The van der Waals surface area contributed by atoms with Crippen molar-refractivity contribution in [2.75, 3.05) is 12.1 Å². The molecule has 3 aromatic carbocycles. The van der Waals surface area contributed by atoms with Crippen LogP contribution in [0.4, 0.5) is 27.6 Å². The Balaban J connectivity index is 1.62. The largest absolute Gasteiger partial charge is 0.493 e. The number of amides is 1. The van der Waals surface area contributed by atoms with Crippen molar-refractivity contribution in [3.8, 4) is 11.5 Å². The second-order valence-electron chi connectivity index (χ2n) is 8.09. The minimum Gasteiger partial charge on any atom is -0.493 e. The van der Waals surface area contributed by atoms with Crippen LogP contribution < -0.4 is 14.5 Å². The van der Waals surface area contributed by atoms with Crippen LogP contribution in [0.2, 0.25) is 0 Å². The number of ether oxygens (including phenoxy) is 2. The fraction of sp³-hybridized carbons (Fsp3) is 0.115. The van der Waals surface area contributed by atoms with Gasteiger partial charge in [-0.25, -0.2) is 26.7 Å². The molecule has 0 bridgehead atoms. The summed E-state index contributed by atoms with van der Waals surface area (Å²) in [6, 6.07) is 9.07. The highest BCUT2D eigenvalue weighted by molar-refractivity contribution is 9.10. The van der Waals surface area contributed by atoms with Gasteiger partial charge < -0.3 is 14.6 Å². The molecule has 0 radical (unpaired) electrons. The minimum atomic E-state index is -2.35. The maximum atomic E-state index is 14.3. The summed E-state index contributed by atoms with van der Waals surface area (Å²) >= 11 is 3.35. The fourth-order valence-electron chi connectivity index (χ4n) is 3.61. The van der Waals surface area contributed by atoms with E-state index in [1.807, 2.05) is 0 Å². The lowest BCUT2D eigenvalue weighted by Crippen LogP contribution is -2.25. The van der Waals surface area contributed by atoms with Crippen LogP contribution in [0, 0.1) is 29.1 Å². The molecule has 0 saturated carbocycles. The van der Waals surface area contributed by atoms with Crippen molar-refractivity contribution in [2.24, 2.45) is 5.10 Å². The highest BCUT2D eigenvalue weighted by Crippen LogP contribution is 2.37. The summed E-state index contributed by atoms with van der Waals surface area (Å²) in [4.78, 5) is 24.0. The molecule has 0 unspecified atom stereocenters. The van der Waals surface area contributed by atoms with Crippen molar-refractivity contribution in [1.29, 1.82) is 0 Å². The smallest absolute Gasteiger partial charge is 0.335 e. The van der Waals surface area contributed by atoms with Gasteiger partial charge in [-0.3, -0.25) is 4.79 Å². The van der Waals surface area contributed by atoms with Crippen LogP contribution in [0.25, 0.3) is 6.08 Å². The van der Waals surface area contributed by atoms with E-state index in [1.165, 1.54) is 44.4 Å². The molecule has 1 N–H and O–H groups in total. The number of hydrazone groups is 1. The van der Waals surface area contributed by atoms with Crippen molar-refractivity contribution in [1.82, 2.24) is 0 Å². The molecule has 1 aliphatic heterocycles. The summed E-state index contributed by atoms with van der Waals surface area (Å²) in [5.74, 6) is -12.8. The number of hydrogen-bond acceptors (Lipinski definition) is 5. The van der Waals surface area contributed by atoms with Gasteiger partial charge in [-0.05, 0) is 48.4 Å². The van der Waals surface area contributed by atoms with E-state index in [4.69, 9.17) is 14.6 Å². The lowest BCUT2D eigenvalue weighted by atomic mass is 10.1. The monoisotopic (exact) mass is 610 g/mol. The third kappa shape index (κ3) is 5.21. The van der Waals surface area contributed by atoms with Gasteiger partial charge in [-0.15, -0.1) is 0 Å². The normalized spacial score (nSPS) is 14.2. The number of methoxy groups -OCH3 is 1. The molecule has 7 nitrogen and oxygen atoms in total. The number of rotatable bonds is 7. The number of nitrogens with zero attached hydrogens (tertiary/aromatic N) is 2.